The van der Waals surface area contributed by atoms with Crippen molar-refractivity contribution in [3.8, 4) is 5.69 Å². The van der Waals surface area contributed by atoms with E-state index in [1.54, 1.807) is 4.68 Å². The van der Waals surface area contributed by atoms with Crippen LogP contribution in [0, 0.1) is 0 Å². The summed E-state index contributed by atoms with van der Waals surface area (Å²) in [5, 5.41) is 14.9. The van der Waals surface area contributed by atoms with Gasteiger partial charge in [-0.2, -0.15) is 4.68 Å². The van der Waals surface area contributed by atoms with Gasteiger partial charge in [0.25, 0.3) is 0 Å². The Kier molecular flexibility index (Phi) is 4.07. The first-order valence-electron chi connectivity index (χ1n) is 5.99. The van der Waals surface area contributed by atoms with Gasteiger partial charge in [-0.15, -0.1) is 0 Å². The predicted molar refractivity (Wildman–Crippen MR) is 67.2 cm³/mol. The maximum atomic E-state index is 3.98. The van der Waals surface area contributed by atoms with Crippen molar-refractivity contribution in [2.24, 2.45) is 0 Å². The molecule has 0 aliphatic rings. The van der Waals surface area contributed by atoms with Crippen LogP contribution < -0.4 is 5.32 Å². The summed E-state index contributed by atoms with van der Waals surface area (Å²) in [5.74, 6) is 0.701. The minimum absolute atomic E-state index is 0.701. The summed E-state index contributed by atoms with van der Waals surface area (Å²) in [5.41, 5.74) is 0.968. The largest absolute Gasteiger partial charge is 0.353 e. The van der Waals surface area contributed by atoms with E-state index in [4.69, 9.17) is 0 Å². The van der Waals surface area contributed by atoms with Crippen LogP contribution in [0.4, 0.5) is 5.95 Å². The summed E-state index contributed by atoms with van der Waals surface area (Å²) in [6.45, 7) is 3.09. The van der Waals surface area contributed by atoms with Crippen LogP contribution >= 0.6 is 0 Å². The molecular formula is C12H17N5. The van der Waals surface area contributed by atoms with Crippen LogP contribution in [0.15, 0.2) is 30.3 Å². The lowest BCUT2D eigenvalue weighted by Gasteiger charge is -2.06. The van der Waals surface area contributed by atoms with E-state index in [1.807, 2.05) is 30.3 Å². The van der Waals surface area contributed by atoms with Gasteiger partial charge in [0.15, 0.2) is 0 Å². The molecule has 0 aliphatic carbocycles. The van der Waals surface area contributed by atoms with Crippen LogP contribution in [0.1, 0.15) is 26.2 Å². The van der Waals surface area contributed by atoms with Gasteiger partial charge in [-0.05, 0) is 29.0 Å². The number of tetrazole rings is 1. The molecule has 5 nitrogen and oxygen atoms in total. The molecule has 0 fully saturated rings. The SMILES string of the molecule is CCCCCNc1nnnn1-c1ccccc1. The molecule has 0 atom stereocenters. The lowest BCUT2D eigenvalue weighted by molar-refractivity contribution is 0.735. The lowest BCUT2D eigenvalue weighted by atomic mass is 10.2. The van der Waals surface area contributed by atoms with Gasteiger partial charge in [0.1, 0.15) is 0 Å². The zero-order valence-electron chi connectivity index (χ0n) is 10.0. The van der Waals surface area contributed by atoms with Crippen LogP contribution in [0.3, 0.4) is 0 Å². The van der Waals surface area contributed by atoms with Crippen LogP contribution in [-0.4, -0.2) is 26.8 Å². The summed E-state index contributed by atoms with van der Waals surface area (Å²) in [6, 6.07) is 9.87. The fourth-order valence-electron chi connectivity index (χ4n) is 1.62. The fourth-order valence-corrected chi connectivity index (χ4v) is 1.62. The number of para-hydroxylation sites is 1. The molecule has 1 aromatic carbocycles. The Morgan fingerprint density at radius 1 is 1.18 bits per heavy atom. The maximum absolute atomic E-state index is 3.98. The van der Waals surface area contributed by atoms with Gasteiger partial charge in [0.05, 0.1) is 5.69 Å². The number of anilines is 1. The van der Waals surface area contributed by atoms with Crippen molar-refractivity contribution >= 4 is 5.95 Å². The van der Waals surface area contributed by atoms with Crippen molar-refractivity contribution in [2.45, 2.75) is 26.2 Å². The van der Waals surface area contributed by atoms with Gasteiger partial charge in [0.2, 0.25) is 5.95 Å². The third-order valence-corrected chi connectivity index (χ3v) is 2.53. The molecule has 0 saturated heterocycles. The van der Waals surface area contributed by atoms with E-state index < -0.39 is 0 Å². The second kappa shape index (κ2) is 5.98. The average Bonchev–Trinajstić information content (AvgIpc) is 2.84. The first-order chi connectivity index (χ1) is 8.42. The number of rotatable bonds is 6. The molecule has 2 rings (SSSR count). The molecular weight excluding hydrogens is 214 g/mol. The normalized spacial score (nSPS) is 10.4. The molecule has 2 aromatic rings. The predicted octanol–water partition coefficient (Wildman–Crippen LogP) is 2.26. The first-order valence-corrected chi connectivity index (χ1v) is 5.99. The van der Waals surface area contributed by atoms with E-state index in [2.05, 4.69) is 27.8 Å². The van der Waals surface area contributed by atoms with Crippen LogP contribution in [0.5, 0.6) is 0 Å². The van der Waals surface area contributed by atoms with Crippen molar-refractivity contribution in [3.63, 3.8) is 0 Å². The molecule has 17 heavy (non-hydrogen) atoms. The first kappa shape index (κ1) is 11.6. The van der Waals surface area contributed by atoms with Gasteiger partial charge in [-0.1, -0.05) is 43.1 Å². The number of nitrogens with one attached hydrogen (secondary N) is 1. The molecule has 1 N–H and O–H groups in total. The van der Waals surface area contributed by atoms with Crippen molar-refractivity contribution in [1.29, 1.82) is 0 Å². The van der Waals surface area contributed by atoms with Crippen LogP contribution in [0.2, 0.25) is 0 Å². The minimum atomic E-state index is 0.701. The van der Waals surface area contributed by atoms with E-state index in [-0.39, 0.29) is 0 Å². The highest BCUT2D eigenvalue weighted by atomic mass is 15.6. The molecule has 0 radical (unpaired) electrons. The summed E-state index contributed by atoms with van der Waals surface area (Å²) in [4.78, 5) is 0. The van der Waals surface area contributed by atoms with Gasteiger partial charge in [0, 0.05) is 6.54 Å². The van der Waals surface area contributed by atoms with E-state index in [0.29, 0.717) is 5.95 Å². The zero-order valence-corrected chi connectivity index (χ0v) is 10.0. The van der Waals surface area contributed by atoms with E-state index in [0.717, 1.165) is 18.7 Å². The summed E-state index contributed by atoms with van der Waals surface area (Å²) in [7, 11) is 0. The average molecular weight is 231 g/mol. The highest BCUT2D eigenvalue weighted by Gasteiger charge is 2.06. The number of nitrogens with zero attached hydrogens (tertiary/aromatic N) is 4. The molecule has 0 saturated carbocycles. The number of unbranched alkanes of at least 4 members (excludes halogenated alkanes) is 2. The number of hydrogen-bond donors (Lipinski definition) is 1. The molecule has 0 amide bonds. The molecule has 5 heteroatoms. The quantitative estimate of drug-likeness (QED) is 0.775. The fraction of sp³-hybridized carbons (Fsp3) is 0.417. The summed E-state index contributed by atoms with van der Waals surface area (Å²) < 4.78 is 1.71. The molecule has 0 bridgehead atoms. The van der Waals surface area contributed by atoms with E-state index in [9.17, 15) is 0 Å². The Balaban J connectivity index is 2.02. The minimum Gasteiger partial charge on any atom is -0.353 e. The van der Waals surface area contributed by atoms with Crippen LogP contribution in [-0.2, 0) is 0 Å². The Labute approximate surface area is 101 Å². The van der Waals surface area contributed by atoms with Gasteiger partial charge in [-0.3, -0.25) is 0 Å². The molecule has 90 valence electrons. The highest BCUT2D eigenvalue weighted by molar-refractivity contribution is 5.38. The second-order valence-corrected chi connectivity index (χ2v) is 3.88. The molecule has 0 unspecified atom stereocenters. The lowest BCUT2D eigenvalue weighted by Crippen LogP contribution is -2.08. The molecule has 1 heterocycles. The van der Waals surface area contributed by atoms with Gasteiger partial charge < -0.3 is 5.32 Å². The Bertz CT molecular complexity index is 437. The Morgan fingerprint density at radius 2 is 2.00 bits per heavy atom. The number of benzene rings is 1. The van der Waals surface area contributed by atoms with E-state index >= 15 is 0 Å². The highest BCUT2D eigenvalue weighted by Crippen LogP contribution is 2.10. The molecule has 0 aliphatic heterocycles. The Hall–Kier alpha value is -1.91. The zero-order chi connectivity index (χ0) is 11.9. The van der Waals surface area contributed by atoms with Crippen molar-refractivity contribution in [2.75, 3.05) is 11.9 Å². The standard InChI is InChI=1S/C12H17N5/c1-2-3-7-10-13-12-14-15-16-17(12)11-8-5-4-6-9-11/h4-6,8-9H,2-3,7,10H2,1H3,(H,13,14,16). The van der Waals surface area contributed by atoms with Gasteiger partial charge in [-0.25, -0.2) is 0 Å². The van der Waals surface area contributed by atoms with Gasteiger partial charge >= 0.3 is 0 Å². The second-order valence-electron chi connectivity index (χ2n) is 3.88. The number of aromatic nitrogens is 4. The summed E-state index contributed by atoms with van der Waals surface area (Å²) >= 11 is 0. The molecule has 1 aromatic heterocycles. The maximum Gasteiger partial charge on any atom is 0.247 e. The number of hydrogen-bond acceptors (Lipinski definition) is 4. The van der Waals surface area contributed by atoms with Crippen molar-refractivity contribution in [1.82, 2.24) is 20.2 Å². The summed E-state index contributed by atoms with van der Waals surface area (Å²) in [6.07, 6.45) is 3.57. The third-order valence-electron chi connectivity index (χ3n) is 2.53. The van der Waals surface area contributed by atoms with Crippen molar-refractivity contribution < 1.29 is 0 Å². The third kappa shape index (κ3) is 3.03. The van der Waals surface area contributed by atoms with Crippen molar-refractivity contribution in [3.05, 3.63) is 30.3 Å². The monoisotopic (exact) mass is 231 g/mol. The molecule has 0 spiro atoms. The van der Waals surface area contributed by atoms with Crippen LogP contribution in [0.25, 0.3) is 5.69 Å². The topological polar surface area (TPSA) is 55.6 Å². The Morgan fingerprint density at radius 3 is 2.76 bits per heavy atom. The smallest absolute Gasteiger partial charge is 0.247 e. The van der Waals surface area contributed by atoms with E-state index in [1.165, 1.54) is 12.8 Å².